The number of nitrogens with one attached hydrogen (secondary N) is 2. The average molecular weight is 385 g/mol. The van der Waals surface area contributed by atoms with E-state index in [0.717, 1.165) is 24.3 Å². The molecule has 0 saturated carbocycles. The minimum atomic E-state index is -0.420. The number of esters is 1. The number of carbonyl (C=O) groups is 1. The molecule has 0 amide bonds. The summed E-state index contributed by atoms with van der Waals surface area (Å²) in [7, 11) is 0. The lowest BCUT2D eigenvalue weighted by atomic mass is 10.2. The summed E-state index contributed by atoms with van der Waals surface area (Å²) >= 11 is 5.01. The summed E-state index contributed by atoms with van der Waals surface area (Å²) in [5.41, 5.74) is 4.02. The first kappa shape index (κ1) is 20.4. The largest absolute Gasteiger partial charge is 0.494 e. The quantitative estimate of drug-likeness (QED) is 0.238. The van der Waals surface area contributed by atoms with Gasteiger partial charge in [-0.3, -0.25) is 5.43 Å². The first-order valence-corrected chi connectivity index (χ1v) is 9.15. The highest BCUT2D eigenvalue weighted by Gasteiger charge is 2.08. The second-order valence-corrected chi connectivity index (χ2v) is 5.97. The highest BCUT2D eigenvalue weighted by molar-refractivity contribution is 7.80. The minimum Gasteiger partial charge on any atom is -0.494 e. The maximum Gasteiger partial charge on any atom is 0.343 e. The lowest BCUT2D eigenvalue weighted by Gasteiger charge is -2.07. The molecule has 0 aliphatic carbocycles. The van der Waals surface area contributed by atoms with E-state index in [2.05, 4.69) is 15.8 Å². The Kier molecular flexibility index (Phi) is 8.25. The van der Waals surface area contributed by atoms with Crippen LogP contribution in [0.5, 0.6) is 11.5 Å². The molecule has 0 aliphatic rings. The number of carbonyl (C=O) groups excluding carboxylic acids is 1. The van der Waals surface area contributed by atoms with E-state index in [1.165, 1.54) is 0 Å². The molecule has 0 unspecified atom stereocenters. The molecule has 0 fully saturated rings. The molecule has 27 heavy (non-hydrogen) atoms. The summed E-state index contributed by atoms with van der Waals surface area (Å²) in [5, 5.41) is 7.43. The SMILES string of the molecule is CCCOc1ccc(C(=O)Oc2ccc(C=NNC(=S)NCC)cc2)cc1. The molecule has 2 rings (SSSR count). The van der Waals surface area contributed by atoms with Gasteiger partial charge in [-0.15, -0.1) is 0 Å². The topological polar surface area (TPSA) is 72.0 Å². The number of hydrazone groups is 1. The van der Waals surface area contributed by atoms with Crippen molar-refractivity contribution in [3.63, 3.8) is 0 Å². The summed E-state index contributed by atoms with van der Waals surface area (Å²) in [4.78, 5) is 12.2. The van der Waals surface area contributed by atoms with Crippen LogP contribution in [0.25, 0.3) is 0 Å². The molecule has 0 saturated heterocycles. The number of hydrogen-bond acceptors (Lipinski definition) is 5. The van der Waals surface area contributed by atoms with Crippen LogP contribution in [0.4, 0.5) is 0 Å². The number of hydrogen-bond donors (Lipinski definition) is 2. The predicted octanol–water partition coefficient (Wildman–Crippen LogP) is 3.51. The summed E-state index contributed by atoms with van der Waals surface area (Å²) in [6, 6.07) is 13.9. The van der Waals surface area contributed by atoms with Crippen LogP contribution >= 0.6 is 12.2 Å². The minimum absolute atomic E-state index is 0.420. The van der Waals surface area contributed by atoms with Crippen molar-refractivity contribution in [2.45, 2.75) is 20.3 Å². The molecular formula is C20H23N3O3S. The van der Waals surface area contributed by atoms with Crippen molar-refractivity contribution in [1.82, 2.24) is 10.7 Å². The van der Waals surface area contributed by atoms with Gasteiger partial charge in [0.2, 0.25) is 0 Å². The molecule has 0 aliphatic heterocycles. The number of rotatable bonds is 8. The van der Waals surface area contributed by atoms with Crippen molar-refractivity contribution in [1.29, 1.82) is 0 Å². The van der Waals surface area contributed by atoms with Gasteiger partial charge >= 0.3 is 5.97 Å². The number of benzene rings is 2. The maximum absolute atomic E-state index is 12.2. The fourth-order valence-electron chi connectivity index (χ4n) is 2.06. The van der Waals surface area contributed by atoms with Crippen molar-refractivity contribution >= 4 is 29.5 Å². The molecule has 6 nitrogen and oxygen atoms in total. The normalized spacial score (nSPS) is 10.4. The van der Waals surface area contributed by atoms with Crippen molar-refractivity contribution in [2.75, 3.05) is 13.2 Å². The van der Waals surface area contributed by atoms with E-state index in [1.54, 1.807) is 54.7 Å². The lowest BCUT2D eigenvalue weighted by Crippen LogP contribution is -2.31. The number of nitrogens with zero attached hydrogens (tertiary/aromatic N) is 1. The first-order valence-electron chi connectivity index (χ1n) is 8.74. The highest BCUT2D eigenvalue weighted by atomic mass is 32.1. The molecule has 2 aromatic rings. The molecule has 142 valence electrons. The maximum atomic E-state index is 12.2. The molecule has 0 aromatic heterocycles. The standard InChI is InChI=1S/C20H23N3O3S/c1-3-13-25-17-11-7-16(8-12-17)19(24)26-18-9-5-15(6-10-18)14-22-23-20(27)21-4-2/h5-12,14H,3-4,13H2,1-2H3,(H2,21,23,27). The summed E-state index contributed by atoms with van der Waals surface area (Å²) < 4.78 is 10.9. The lowest BCUT2D eigenvalue weighted by molar-refractivity contribution is 0.0734. The average Bonchev–Trinajstić information content (AvgIpc) is 2.68. The predicted molar refractivity (Wildman–Crippen MR) is 111 cm³/mol. The monoisotopic (exact) mass is 385 g/mol. The van der Waals surface area contributed by atoms with Crippen molar-refractivity contribution in [3.05, 3.63) is 59.7 Å². The first-order chi connectivity index (χ1) is 13.1. The van der Waals surface area contributed by atoms with Gasteiger partial charge in [-0.25, -0.2) is 4.79 Å². The van der Waals surface area contributed by atoms with Gasteiger partial charge in [-0.1, -0.05) is 6.92 Å². The van der Waals surface area contributed by atoms with Gasteiger partial charge in [-0.05, 0) is 79.7 Å². The van der Waals surface area contributed by atoms with E-state index in [1.807, 2.05) is 13.8 Å². The van der Waals surface area contributed by atoms with Gasteiger partial charge < -0.3 is 14.8 Å². The summed E-state index contributed by atoms with van der Waals surface area (Å²) in [6.07, 6.45) is 2.56. The summed E-state index contributed by atoms with van der Waals surface area (Å²) in [5.74, 6) is 0.773. The van der Waals surface area contributed by atoms with Crippen LogP contribution in [0.3, 0.4) is 0 Å². The Hall–Kier alpha value is -2.93. The zero-order valence-electron chi connectivity index (χ0n) is 15.4. The van der Waals surface area contributed by atoms with Crippen molar-refractivity contribution in [3.8, 4) is 11.5 Å². The number of thiocarbonyl (C=S) groups is 1. The molecule has 0 atom stereocenters. The molecule has 0 radical (unpaired) electrons. The molecule has 2 N–H and O–H groups in total. The molecular weight excluding hydrogens is 362 g/mol. The molecule has 0 bridgehead atoms. The van der Waals surface area contributed by atoms with Crippen LogP contribution in [-0.2, 0) is 0 Å². The molecule has 0 spiro atoms. The highest BCUT2D eigenvalue weighted by Crippen LogP contribution is 2.16. The third-order valence-electron chi connectivity index (χ3n) is 3.37. The zero-order chi connectivity index (χ0) is 19.5. The Morgan fingerprint density at radius 2 is 1.74 bits per heavy atom. The second kappa shape index (κ2) is 10.9. The fraction of sp³-hybridized carbons (Fsp3) is 0.250. The van der Waals surface area contributed by atoms with Gasteiger partial charge in [0.15, 0.2) is 5.11 Å². The zero-order valence-corrected chi connectivity index (χ0v) is 16.2. The van der Waals surface area contributed by atoms with E-state index >= 15 is 0 Å². The van der Waals surface area contributed by atoms with E-state index in [-0.39, 0.29) is 0 Å². The van der Waals surface area contributed by atoms with Crippen molar-refractivity contribution in [2.24, 2.45) is 5.10 Å². The Bertz CT molecular complexity index is 774. The van der Waals surface area contributed by atoms with Crippen LogP contribution in [0, 0.1) is 0 Å². The van der Waals surface area contributed by atoms with Crippen LogP contribution in [0.15, 0.2) is 53.6 Å². The van der Waals surface area contributed by atoms with Gasteiger partial charge in [0.05, 0.1) is 18.4 Å². The second-order valence-electron chi connectivity index (χ2n) is 5.56. The Balaban J connectivity index is 1.89. The van der Waals surface area contributed by atoms with Crippen LogP contribution in [0.1, 0.15) is 36.2 Å². The van der Waals surface area contributed by atoms with Crippen LogP contribution in [0.2, 0.25) is 0 Å². The van der Waals surface area contributed by atoms with E-state index < -0.39 is 5.97 Å². The van der Waals surface area contributed by atoms with Crippen LogP contribution < -0.4 is 20.2 Å². The van der Waals surface area contributed by atoms with Crippen molar-refractivity contribution < 1.29 is 14.3 Å². The molecule has 2 aromatic carbocycles. The van der Waals surface area contributed by atoms with E-state index in [0.29, 0.717) is 23.0 Å². The molecule has 0 heterocycles. The number of ether oxygens (including phenoxy) is 2. The van der Waals surface area contributed by atoms with Crippen LogP contribution in [-0.4, -0.2) is 30.4 Å². The Labute approximate surface area is 164 Å². The van der Waals surface area contributed by atoms with Gasteiger partial charge in [0, 0.05) is 6.54 Å². The smallest absolute Gasteiger partial charge is 0.343 e. The van der Waals surface area contributed by atoms with E-state index in [4.69, 9.17) is 21.7 Å². The summed E-state index contributed by atoms with van der Waals surface area (Å²) in [6.45, 7) is 5.37. The van der Waals surface area contributed by atoms with Gasteiger partial charge in [0.1, 0.15) is 11.5 Å². The van der Waals surface area contributed by atoms with E-state index in [9.17, 15) is 4.79 Å². The fourth-order valence-corrected chi connectivity index (χ4v) is 2.26. The van der Waals surface area contributed by atoms with Gasteiger partial charge in [-0.2, -0.15) is 5.10 Å². The molecule has 7 heteroatoms. The van der Waals surface area contributed by atoms with Gasteiger partial charge in [0.25, 0.3) is 0 Å². The Morgan fingerprint density at radius 3 is 2.37 bits per heavy atom. The third kappa shape index (κ3) is 7.07. The third-order valence-corrected chi connectivity index (χ3v) is 3.61. The Morgan fingerprint density at radius 1 is 1.07 bits per heavy atom.